The van der Waals surface area contributed by atoms with Crippen molar-refractivity contribution in [2.24, 2.45) is 23.2 Å². The van der Waals surface area contributed by atoms with Crippen molar-refractivity contribution < 1.29 is 0 Å². The Hall–Kier alpha value is -1.37. The second-order valence-electron chi connectivity index (χ2n) is 9.37. The fraction of sp³-hybridized carbons (Fsp3) is 0.625. The first-order valence-corrected chi connectivity index (χ1v) is 10.2. The van der Waals surface area contributed by atoms with Crippen LogP contribution in [0.4, 0.5) is 0 Å². The Labute approximate surface area is 154 Å². The van der Waals surface area contributed by atoms with Crippen LogP contribution >= 0.6 is 0 Å². The molecule has 0 N–H and O–H groups in total. The minimum absolute atomic E-state index is 0.187. The van der Waals surface area contributed by atoms with Crippen LogP contribution in [0.25, 0.3) is 0 Å². The Balaban J connectivity index is 1.80. The van der Waals surface area contributed by atoms with Crippen molar-refractivity contribution in [2.45, 2.75) is 72.6 Å². The molecule has 1 heterocycles. The van der Waals surface area contributed by atoms with E-state index in [1.165, 1.54) is 36.2 Å². The first kappa shape index (κ1) is 18.4. The van der Waals surface area contributed by atoms with Gasteiger partial charge in [0.15, 0.2) is 0 Å². The summed E-state index contributed by atoms with van der Waals surface area (Å²) in [4.78, 5) is 5.17. The van der Waals surface area contributed by atoms with Gasteiger partial charge in [-0.3, -0.25) is 4.98 Å². The highest BCUT2D eigenvalue weighted by atomic mass is 14.7. The molecule has 0 bridgehead atoms. The number of pyridine rings is 1. The highest BCUT2D eigenvalue weighted by molar-refractivity contribution is 5.29. The molecule has 1 saturated carbocycles. The molecule has 0 aromatic carbocycles. The summed E-state index contributed by atoms with van der Waals surface area (Å²) >= 11 is 0. The van der Waals surface area contributed by atoms with Crippen molar-refractivity contribution in [3.05, 3.63) is 53.4 Å². The monoisotopic (exact) mass is 337 g/mol. The fourth-order valence-electron chi connectivity index (χ4n) is 4.86. The minimum atomic E-state index is 0.187. The lowest BCUT2D eigenvalue weighted by Crippen LogP contribution is -2.27. The lowest BCUT2D eigenvalue weighted by molar-refractivity contribution is 0.194. The number of nitrogens with zero attached hydrogens (tertiary/aromatic N) is 1. The van der Waals surface area contributed by atoms with Gasteiger partial charge in [-0.25, -0.2) is 0 Å². The maximum atomic E-state index is 5.17. The van der Waals surface area contributed by atoms with Gasteiger partial charge in [-0.2, -0.15) is 0 Å². The SMILES string of the molecule is CC(C)[C@@H]1CC[C@@H](C)C[C@H]1c1cccc(CC(C)(C)C2=CC=CC2)n1. The van der Waals surface area contributed by atoms with E-state index in [0.29, 0.717) is 5.92 Å². The topological polar surface area (TPSA) is 12.9 Å². The maximum absolute atomic E-state index is 5.17. The van der Waals surface area contributed by atoms with Crippen LogP contribution in [0, 0.1) is 23.2 Å². The van der Waals surface area contributed by atoms with Crippen LogP contribution in [0.15, 0.2) is 42.0 Å². The molecule has 3 atom stereocenters. The first-order chi connectivity index (χ1) is 11.9. The van der Waals surface area contributed by atoms with E-state index < -0.39 is 0 Å². The predicted molar refractivity (Wildman–Crippen MR) is 108 cm³/mol. The van der Waals surface area contributed by atoms with E-state index in [0.717, 1.165) is 30.6 Å². The molecule has 3 rings (SSSR count). The molecule has 1 nitrogen and oxygen atoms in total. The van der Waals surface area contributed by atoms with Gasteiger partial charge in [0, 0.05) is 17.3 Å². The van der Waals surface area contributed by atoms with Crippen LogP contribution in [0.3, 0.4) is 0 Å². The van der Waals surface area contributed by atoms with Crippen molar-refractivity contribution in [2.75, 3.05) is 0 Å². The van der Waals surface area contributed by atoms with E-state index in [1.807, 2.05) is 0 Å². The summed E-state index contributed by atoms with van der Waals surface area (Å²) < 4.78 is 0. The van der Waals surface area contributed by atoms with Crippen molar-refractivity contribution in [3.63, 3.8) is 0 Å². The molecule has 0 radical (unpaired) electrons. The zero-order chi connectivity index (χ0) is 18.0. The quantitative estimate of drug-likeness (QED) is 0.581. The van der Waals surface area contributed by atoms with Gasteiger partial charge in [0.25, 0.3) is 0 Å². The van der Waals surface area contributed by atoms with Crippen LogP contribution in [-0.2, 0) is 6.42 Å². The van der Waals surface area contributed by atoms with Crippen LogP contribution in [0.2, 0.25) is 0 Å². The average molecular weight is 338 g/mol. The molecular formula is C24H35N. The summed E-state index contributed by atoms with van der Waals surface area (Å²) in [6.45, 7) is 11.9. The Bertz CT molecular complexity index is 650. The van der Waals surface area contributed by atoms with Crippen molar-refractivity contribution in [1.29, 1.82) is 0 Å². The Morgan fingerprint density at radius 1 is 1.20 bits per heavy atom. The van der Waals surface area contributed by atoms with Gasteiger partial charge in [0.2, 0.25) is 0 Å². The number of aromatic nitrogens is 1. The number of hydrogen-bond donors (Lipinski definition) is 0. The van der Waals surface area contributed by atoms with Crippen molar-refractivity contribution in [1.82, 2.24) is 4.98 Å². The average Bonchev–Trinajstić information content (AvgIpc) is 3.10. The molecule has 0 aliphatic heterocycles. The zero-order valence-electron chi connectivity index (χ0n) is 16.8. The molecule has 0 unspecified atom stereocenters. The van der Waals surface area contributed by atoms with E-state index in [-0.39, 0.29) is 5.41 Å². The van der Waals surface area contributed by atoms with Crippen LogP contribution < -0.4 is 0 Å². The largest absolute Gasteiger partial charge is 0.258 e. The highest BCUT2D eigenvalue weighted by Gasteiger charge is 2.33. The molecule has 2 aliphatic carbocycles. The van der Waals surface area contributed by atoms with Crippen LogP contribution in [0.5, 0.6) is 0 Å². The van der Waals surface area contributed by atoms with E-state index in [4.69, 9.17) is 4.98 Å². The third-order valence-electron chi connectivity index (χ3n) is 6.49. The van der Waals surface area contributed by atoms with Crippen LogP contribution in [0.1, 0.15) is 77.6 Å². The van der Waals surface area contributed by atoms with Gasteiger partial charge < -0.3 is 0 Å². The third-order valence-corrected chi connectivity index (χ3v) is 6.49. The molecular weight excluding hydrogens is 302 g/mol. The molecule has 1 heteroatoms. The van der Waals surface area contributed by atoms with Crippen molar-refractivity contribution in [3.8, 4) is 0 Å². The molecule has 0 spiro atoms. The number of hydrogen-bond acceptors (Lipinski definition) is 1. The Kier molecular flexibility index (Phi) is 5.51. The zero-order valence-corrected chi connectivity index (χ0v) is 16.8. The Morgan fingerprint density at radius 2 is 2.00 bits per heavy atom. The second kappa shape index (κ2) is 7.48. The highest BCUT2D eigenvalue weighted by Crippen LogP contribution is 2.43. The molecule has 2 aliphatic rings. The van der Waals surface area contributed by atoms with E-state index >= 15 is 0 Å². The molecule has 0 amide bonds. The van der Waals surface area contributed by atoms with Gasteiger partial charge in [-0.05, 0) is 61.0 Å². The molecule has 0 saturated heterocycles. The maximum Gasteiger partial charge on any atom is 0.0440 e. The lowest BCUT2D eigenvalue weighted by atomic mass is 9.69. The third kappa shape index (κ3) is 4.25. The molecule has 25 heavy (non-hydrogen) atoms. The molecule has 136 valence electrons. The lowest BCUT2D eigenvalue weighted by Gasteiger charge is -2.37. The number of rotatable bonds is 5. The first-order valence-electron chi connectivity index (χ1n) is 10.2. The normalized spacial score (nSPS) is 27.0. The number of allylic oxidation sites excluding steroid dienone is 4. The van der Waals surface area contributed by atoms with E-state index in [9.17, 15) is 0 Å². The standard InChI is InChI=1S/C24H35N/c1-17(2)21-14-13-18(3)15-22(21)23-12-8-11-20(25-23)16-24(4,5)19-9-6-7-10-19/h6-9,11-12,17-18,21-22H,10,13-16H2,1-5H3/t18-,21+,22-/m1/s1. The summed E-state index contributed by atoms with van der Waals surface area (Å²) in [6.07, 6.45) is 12.9. The second-order valence-corrected chi connectivity index (χ2v) is 9.37. The molecule has 1 fully saturated rings. The smallest absolute Gasteiger partial charge is 0.0440 e. The predicted octanol–water partition coefficient (Wildman–Crippen LogP) is 6.71. The summed E-state index contributed by atoms with van der Waals surface area (Å²) in [7, 11) is 0. The van der Waals surface area contributed by atoms with E-state index in [2.05, 4.69) is 71.0 Å². The summed E-state index contributed by atoms with van der Waals surface area (Å²) in [6, 6.07) is 6.75. The van der Waals surface area contributed by atoms with E-state index in [1.54, 1.807) is 0 Å². The fourth-order valence-corrected chi connectivity index (χ4v) is 4.86. The summed E-state index contributed by atoms with van der Waals surface area (Å²) in [5.74, 6) is 3.00. The molecule has 1 aromatic rings. The van der Waals surface area contributed by atoms with Gasteiger partial charge >= 0.3 is 0 Å². The van der Waals surface area contributed by atoms with Gasteiger partial charge in [0.05, 0.1) is 0 Å². The summed E-state index contributed by atoms with van der Waals surface area (Å²) in [5, 5.41) is 0. The van der Waals surface area contributed by atoms with Gasteiger partial charge in [-0.15, -0.1) is 0 Å². The van der Waals surface area contributed by atoms with Gasteiger partial charge in [0.1, 0.15) is 0 Å². The van der Waals surface area contributed by atoms with Gasteiger partial charge in [-0.1, -0.05) is 70.9 Å². The van der Waals surface area contributed by atoms with Crippen molar-refractivity contribution >= 4 is 0 Å². The minimum Gasteiger partial charge on any atom is -0.258 e. The summed E-state index contributed by atoms with van der Waals surface area (Å²) in [5.41, 5.74) is 4.33. The van der Waals surface area contributed by atoms with Crippen LogP contribution in [-0.4, -0.2) is 4.98 Å². The molecule has 1 aromatic heterocycles. The Morgan fingerprint density at radius 3 is 2.68 bits per heavy atom.